The number of hydrogen-bond acceptors (Lipinski definition) is 3. The van der Waals surface area contributed by atoms with Gasteiger partial charge < -0.3 is 15.2 Å². The Morgan fingerprint density at radius 3 is 2.62 bits per heavy atom. The SMILES string of the molecule is O=C(O)c1ccc(CCNC(=O)[C@@H]2CCOc3ccccc32)cc1. The lowest BCUT2D eigenvalue weighted by Crippen LogP contribution is -2.33. The number of carboxylic acid groups (broad SMARTS) is 1. The Kier molecular flexibility index (Phi) is 4.79. The number of benzene rings is 2. The maximum absolute atomic E-state index is 12.5. The first kappa shape index (κ1) is 16.1. The van der Waals surface area contributed by atoms with Crippen molar-refractivity contribution in [3.05, 3.63) is 65.2 Å². The number of amides is 1. The predicted molar refractivity (Wildman–Crippen MR) is 89.4 cm³/mol. The summed E-state index contributed by atoms with van der Waals surface area (Å²) < 4.78 is 5.58. The molecule has 1 aliphatic rings. The van der Waals surface area contributed by atoms with Crippen LogP contribution in [0.15, 0.2) is 48.5 Å². The third kappa shape index (κ3) is 3.56. The van der Waals surface area contributed by atoms with Gasteiger partial charge >= 0.3 is 5.97 Å². The number of aromatic carboxylic acids is 1. The average Bonchev–Trinajstić information content (AvgIpc) is 2.61. The third-order valence-corrected chi connectivity index (χ3v) is 4.19. The van der Waals surface area contributed by atoms with Gasteiger partial charge in [-0.2, -0.15) is 0 Å². The summed E-state index contributed by atoms with van der Waals surface area (Å²) in [7, 11) is 0. The Bertz CT molecular complexity index is 739. The molecule has 0 saturated heterocycles. The summed E-state index contributed by atoms with van der Waals surface area (Å²) in [6, 6.07) is 14.3. The highest BCUT2D eigenvalue weighted by molar-refractivity contribution is 5.87. The highest BCUT2D eigenvalue weighted by Crippen LogP contribution is 2.33. The first-order valence-electron chi connectivity index (χ1n) is 7.97. The Labute approximate surface area is 140 Å². The predicted octanol–water partition coefficient (Wildman–Crippen LogP) is 2.61. The van der Waals surface area contributed by atoms with E-state index in [2.05, 4.69) is 5.32 Å². The number of ether oxygens (including phenoxy) is 1. The Hall–Kier alpha value is -2.82. The molecule has 2 aromatic carbocycles. The standard InChI is InChI=1S/C19H19NO4/c21-18(16-10-12-24-17-4-2-1-3-15(16)17)20-11-9-13-5-7-14(8-6-13)19(22)23/h1-8,16H,9-12H2,(H,20,21)(H,22,23)/t16-/m1/s1. The highest BCUT2D eigenvalue weighted by atomic mass is 16.5. The van der Waals surface area contributed by atoms with Crippen molar-refractivity contribution in [1.29, 1.82) is 0 Å². The van der Waals surface area contributed by atoms with Crippen LogP contribution in [0, 0.1) is 0 Å². The number of carbonyl (C=O) groups is 2. The summed E-state index contributed by atoms with van der Waals surface area (Å²) in [4.78, 5) is 23.3. The fourth-order valence-electron chi connectivity index (χ4n) is 2.88. The molecule has 5 nitrogen and oxygen atoms in total. The van der Waals surface area contributed by atoms with Crippen LogP contribution < -0.4 is 10.1 Å². The van der Waals surface area contributed by atoms with Crippen LogP contribution in [0.5, 0.6) is 5.75 Å². The van der Waals surface area contributed by atoms with E-state index in [1.165, 1.54) is 0 Å². The molecule has 2 aromatic rings. The lowest BCUT2D eigenvalue weighted by Gasteiger charge is -2.25. The van der Waals surface area contributed by atoms with Crippen molar-refractivity contribution in [2.24, 2.45) is 0 Å². The van der Waals surface area contributed by atoms with Crippen molar-refractivity contribution in [3.8, 4) is 5.75 Å². The molecule has 1 heterocycles. The van der Waals surface area contributed by atoms with E-state index >= 15 is 0 Å². The maximum atomic E-state index is 12.5. The molecule has 1 atom stereocenters. The van der Waals surface area contributed by atoms with Gasteiger partial charge in [-0.3, -0.25) is 4.79 Å². The summed E-state index contributed by atoms with van der Waals surface area (Å²) in [6.07, 6.45) is 1.34. The monoisotopic (exact) mass is 325 g/mol. The molecule has 1 amide bonds. The zero-order valence-corrected chi connectivity index (χ0v) is 13.2. The van der Waals surface area contributed by atoms with E-state index in [1.807, 2.05) is 24.3 Å². The quantitative estimate of drug-likeness (QED) is 0.886. The van der Waals surface area contributed by atoms with E-state index in [4.69, 9.17) is 9.84 Å². The molecule has 5 heteroatoms. The van der Waals surface area contributed by atoms with Gasteiger partial charge in [-0.15, -0.1) is 0 Å². The van der Waals surface area contributed by atoms with Crippen molar-refractivity contribution in [3.63, 3.8) is 0 Å². The smallest absolute Gasteiger partial charge is 0.335 e. The Balaban J connectivity index is 1.56. The maximum Gasteiger partial charge on any atom is 0.335 e. The van der Waals surface area contributed by atoms with E-state index < -0.39 is 5.97 Å². The van der Waals surface area contributed by atoms with E-state index in [0.29, 0.717) is 26.0 Å². The molecule has 0 spiro atoms. The second-order valence-corrected chi connectivity index (χ2v) is 5.77. The molecule has 0 bridgehead atoms. The van der Waals surface area contributed by atoms with Gasteiger partial charge in [-0.1, -0.05) is 30.3 Å². The second-order valence-electron chi connectivity index (χ2n) is 5.77. The number of carboxylic acids is 1. The fraction of sp³-hybridized carbons (Fsp3) is 0.263. The summed E-state index contributed by atoms with van der Waals surface area (Å²) in [5.74, 6) is -0.321. The zero-order chi connectivity index (χ0) is 16.9. The van der Waals surface area contributed by atoms with Crippen molar-refractivity contribution >= 4 is 11.9 Å². The normalized spacial score (nSPS) is 15.9. The van der Waals surface area contributed by atoms with Gasteiger partial charge in [0.1, 0.15) is 5.75 Å². The number of fused-ring (bicyclic) bond motifs is 1. The molecule has 2 N–H and O–H groups in total. The molecular formula is C19H19NO4. The minimum absolute atomic E-state index is 0.00732. The molecule has 0 saturated carbocycles. The number of nitrogens with one attached hydrogen (secondary N) is 1. The number of para-hydroxylation sites is 1. The summed E-state index contributed by atoms with van der Waals surface area (Å²) in [6.45, 7) is 1.07. The highest BCUT2D eigenvalue weighted by Gasteiger charge is 2.26. The number of carbonyl (C=O) groups excluding carboxylic acids is 1. The molecular weight excluding hydrogens is 306 g/mol. The minimum Gasteiger partial charge on any atom is -0.493 e. The Morgan fingerprint density at radius 1 is 1.12 bits per heavy atom. The molecule has 0 radical (unpaired) electrons. The van der Waals surface area contributed by atoms with Gasteiger partial charge in [-0.05, 0) is 36.6 Å². The van der Waals surface area contributed by atoms with E-state index in [9.17, 15) is 9.59 Å². The van der Waals surface area contributed by atoms with Crippen LogP contribution in [-0.4, -0.2) is 30.1 Å². The van der Waals surface area contributed by atoms with Crippen LogP contribution in [0.25, 0.3) is 0 Å². The van der Waals surface area contributed by atoms with E-state index in [1.54, 1.807) is 24.3 Å². The number of rotatable bonds is 5. The minimum atomic E-state index is -0.937. The zero-order valence-electron chi connectivity index (χ0n) is 13.2. The van der Waals surface area contributed by atoms with E-state index in [0.717, 1.165) is 16.9 Å². The van der Waals surface area contributed by atoms with E-state index in [-0.39, 0.29) is 17.4 Å². The van der Waals surface area contributed by atoms with Gasteiger partial charge in [0.15, 0.2) is 0 Å². The topological polar surface area (TPSA) is 75.6 Å². The lowest BCUT2D eigenvalue weighted by atomic mass is 9.92. The van der Waals surface area contributed by atoms with Crippen molar-refractivity contribution in [2.45, 2.75) is 18.8 Å². The van der Waals surface area contributed by atoms with Crippen LogP contribution in [0.1, 0.15) is 33.8 Å². The van der Waals surface area contributed by atoms with Gasteiger partial charge in [-0.25, -0.2) is 4.79 Å². The largest absolute Gasteiger partial charge is 0.493 e. The van der Waals surface area contributed by atoms with Gasteiger partial charge in [0, 0.05) is 12.1 Å². The van der Waals surface area contributed by atoms with Crippen LogP contribution in [0.2, 0.25) is 0 Å². The van der Waals surface area contributed by atoms with Crippen LogP contribution in [0.4, 0.5) is 0 Å². The van der Waals surface area contributed by atoms with Crippen LogP contribution in [0.3, 0.4) is 0 Å². The second kappa shape index (κ2) is 7.17. The van der Waals surface area contributed by atoms with Crippen LogP contribution >= 0.6 is 0 Å². The summed E-state index contributed by atoms with van der Waals surface area (Å²) in [5.41, 5.74) is 2.20. The first-order valence-corrected chi connectivity index (χ1v) is 7.97. The van der Waals surface area contributed by atoms with Crippen molar-refractivity contribution < 1.29 is 19.4 Å². The van der Waals surface area contributed by atoms with Crippen molar-refractivity contribution in [1.82, 2.24) is 5.32 Å². The fourth-order valence-corrected chi connectivity index (χ4v) is 2.88. The molecule has 0 unspecified atom stereocenters. The van der Waals surface area contributed by atoms with Gasteiger partial charge in [0.2, 0.25) is 5.91 Å². The third-order valence-electron chi connectivity index (χ3n) is 4.19. The summed E-state index contributed by atoms with van der Waals surface area (Å²) in [5, 5.41) is 11.9. The van der Waals surface area contributed by atoms with Crippen molar-refractivity contribution in [2.75, 3.05) is 13.2 Å². The molecule has 1 aliphatic heterocycles. The average molecular weight is 325 g/mol. The van der Waals surface area contributed by atoms with Crippen LogP contribution in [-0.2, 0) is 11.2 Å². The Morgan fingerprint density at radius 2 is 1.88 bits per heavy atom. The molecule has 124 valence electrons. The summed E-state index contributed by atoms with van der Waals surface area (Å²) >= 11 is 0. The molecule has 0 aromatic heterocycles. The van der Waals surface area contributed by atoms with Gasteiger partial charge in [0.25, 0.3) is 0 Å². The molecule has 0 fully saturated rings. The first-order chi connectivity index (χ1) is 11.6. The van der Waals surface area contributed by atoms with Gasteiger partial charge in [0.05, 0.1) is 18.1 Å². The molecule has 3 rings (SSSR count). The molecule has 24 heavy (non-hydrogen) atoms. The molecule has 0 aliphatic carbocycles. The number of hydrogen-bond donors (Lipinski definition) is 2. The lowest BCUT2D eigenvalue weighted by molar-refractivity contribution is -0.123.